The number of amides is 1. The number of nitrogens with one attached hydrogen (secondary N) is 1. The van der Waals surface area contributed by atoms with Crippen molar-refractivity contribution in [1.82, 2.24) is 5.32 Å². The molecule has 1 atom stereocenters. The summed E-state index contributed by atoms with van der Waals surface area (Å²) in [7, 11) is 1.62. The van der Waals surface area contributed by atoms with Crippen LogP contribution in [0.15, 0.2) is 0 Å². The van der Waals surface area contributed by atoms with Gasteiger partial charge in [-0.25, -0.2) is 0 Å². The normalized spacial score (nSPS) is 13.8. The standard InChI is InChI=1S/C10H22N2O2/c1-10(2,3)9(13)12-8(5-6-11)7-14-4/h8H,5-7,11H2,1-4H3,(H,12,13). The van der Waals surface area contributed by atoms with E-state index in [1.807, 2.05) is 20.8 Å². The first-order valence-corrected chi connectivity index (χ1v) is 4.91. The van der Waals surface area contributed by atoms with Crippen molar-refractivity contribution in [1.29, 1.82) is 0 Å². The Balaban J connectivity index is 4.08. The van der Waals surface area contributed by atoms with Gasteiger partial charge in [-0.2, -0.15) is 0 Å². The highest BCUT2D eigenvalue weighted by Crippen LogP contribution is 2.13. The predicted octanol–water partition coefficient (Wildman–Crippen LogP) is 0.513. The number of carbonyl (C=O) groups is 1. The Morgan fingerprint density at radius 3 is 2.43 bits per heavy atom. The van der Waals surface area contributed by atoms with Crippen LogP contribution in [0.2, 0.25) is 0 Å². The minimum Gasteiger partial charge on any atom is -0.383 e. The van der Waals surface area contributed by atoms with Crippen LogP contribution in [0.4, 0.5) is 0 Å². The second kappa shape index (κ2) is 5.98. The van der Waals surface area contributed by atoms with E-state index in [0.717, 1.165) is 6.42 Å². The lowest BCUT2D eigenvalue weighted by Gasteiger charge is -2.23. The molecule has 1 unspecified atom stereocenters. The van der Waals surface area contributed by atoms with Crippen LogP contribution in [-0.4, -0.2) is 32.2 Å². The molecule has 0 radical (unpaired) electrons. The fourth-order valence-electron chi connectivity index (χ4n) is 1.00. The van der Waals surface area contributed by atoms with E-state index in [2.05, 4.69) is 5.32 Å². The number of rotatable bonds is 5. The fraction of sp³-hybridized carbons (Fsp3) is 0.900. The van der Waals surface area contributed by atoms with E-state index in [4.69, 9.17) is 10.5 Å². The molecule has 4 nitrogen and oxygen atoms in total. The summed E-state index contributed by atoms with van der Waals surface area (Å²) in [5.41, 5.74) is 5.08. The molecule has 4 heteroatoms. The van der Waals surface area contributed by atoms with E-state index in [9.17, 15) is 4.79 Å². The molecule has 14 heavy (non-hydrogen) atoms. The summed E-state index contributed by atoms with van der Waals surface area (Å²) >= 11 is 0. The van der Waals surface area contributed by atoms with Crippen molar-refractivity contribution in [3.8, 4) is 0 Å². The zero-order valence-electron chi connectivity index (χ0n) is 9.59. The Labute approximate surface area is 86.2 Å². The lowest BCUT2D eigenvalue weighted by atomic mass is 9.95. The van der Waals surface area contributed by atoms with Gasteiger partial charge in [0, 0.05) is 12.5 Å². The Morgan fingerprint density at radius 2 is 2.07 bits per heavy atom. The van der Waals surface area contributed by atoms with Crippen molar-refractivity contribution < 1.29 is 9.53 Å². The summed E-state index contributed by atoms with van der Waals surface area (Å²) in [5, 5.41) is 2.91. The maximum atomic E-state index is 11.6. The molecular weight excluding hydrogens is 180 g/mol. The fourth-order valence-corrected chi connectivity index (χ4v) is 1.00. The van der Waals surface area contributed by atoms with Crippen LogP contribution in [0.3, 0.4) is 0 Å². The third-order valence-electron chi connectivity index (χ3n) is 1.90. The first kappa shape index (κ1) is 13.4. The highest BCUT2D eigenvalue weighted by Gasteiger charge is 2.23. The van der Waals surface area contributed by atoms with Gasteiger partial charge in [0.1, 0.15) is 0 Å². The molecule has 0 aromatic heterocycles. The Morgan fingerprint density at radius 1 is 1.50 bits per heavy atom. The van der Waals surface area contributed by atoms with Crippen LogP contribution in [0, 0.1) is 5.41 Å². The molecule has 0 spiro atoms. The second-order valence-electron chi connectivity index (χ2n) is 4.45. The van der Waals surface area contributed by atoms with E-state index in [0.29, 0.717) is 13.2 Å². The van der Waals surface area contributed by atoms with Crippen LogP contribution in [0.25, 0.3) is 0 Å². The van der Waals surface area contributed by atoms with Crippen LogP contribution in [-0.2, 0) is 9.53 Å². The molecular formula is C10H22N2O2. The summed E-state index contributed by atoms with van der Waals surface area (Å²) in [4.78, 5) is 11.6. The van der Waals surface area contributed by atoms with Gasteiger partial charge in [0.15, 0.2) is 0 Å². The van der Waals surface area contributed by atoms with Crippen LogP contribution in [0.5, 0.6) is 0 Å². The van der Waals surface area contributed by atoms with Gasteiger partial charge in [0.25, 0.3) is 0 Å². The van der Waals surface area contributed by atoms with E-state index in [1.165, 1.54) is 0 Å². The van der Waals surface area contributed by atoms with Crippen molar-refractivity contribution in [2.45, 2.75) is 33.2 Å². The predicted molar refractivity (Wildman–Crippen MR) is 56.9 cm³/mol. The number of ether oxygens (including phenoxy) is 1. The Hall–Kier alpha value is -0.610. The summed E-state index contributed by atoms with van der Waals surface area (Å²) in [6.45, 7) is 6.72. The zero-order valence-corrected chi connectivity index (χ0v) is 9.59. The quantitative estimate of drug-likeness (QED) is 0.683. The highest BCUT2D eigenvalue weighted by molar-refractivity contribution is 5.81. The minimum atomic E-state index is -0.361. The number of hydrogen-bond acceptors (Lipinski definition) is 3. The van der Waals surface area contributed by atoms with Gasteiger partial charge < -0.3 is 15.8 Å². The van der Waals surface area contributed by atoms with E-state index in [-0.39, 0.29) is 17.4 Å². The van der Waals surface area contributed by atoms with Crippen LogP contribution >= 0.6 is 0 Å². The van der Waals surface area contributed by atoms with E-state index in [1.54, 1.807) is 7.11 Å². The summed E-state index contributed by atoms with van der Waals surface area (Å²) in [6, 6.07) is 0.0247. The minimum absolute atomic E-state index is 0.0247. The molecule has 0 bridgehead atoms. The van der Waals surface area contributed by atoms with Crippen molar-refractivity contribution in [3.05, 3.63) is 0 Å². The zero-order chi connectivity index (χ0) is 11.2. The van der Waals surface area contributed by atoms with Crippen molar-refractivity contribution in [2.75, 3.05) is 20.3 Å². The number of nitrogens with two attached hydrogens (primary N) is 1. The van der Waals surface area contributed by atoms with E-state index < -0.39 is 0 Å². The molecule has 0 aliphatic carbocycles. The van der Waals surface area contributed by atoms with Gasteiger partial charge in [-0.1, -0.05) is 20.8 Å². The third kappa shape index (κ3) is 5.19. The first-order valence-electron chi connectivity index (χ1n) is 4.91. The highest BCUT2D eigenvalue weighted by atomic mass is 16.5. The molecule has 0 aromatic carbocycles. The number of methoxy groups -OCH3 is 1. The smallest absolute Gasteiger partial charge is 0.225 e. The molecule has 84 valence electrons. The molecule has 0 saturated heterocycles. The monoisotopic (exact) mass is 202 g/mol. The molecule has 0 aliphatic rings. The molecule has 0 rings (SSSR count). The second-order valence-corrected chi connectivity index (χ2v) is 4.45. The SMILES string of the molecule is COCC(CCN)NC(=O)C(C)(C)C. The van der Waals surface area contributed by atoms with Crippen molar-refractivity contribution in [2.24, 2.45) is 11.1 Å². The summed E-state index contributed by atoms with van der Waals surface area (Å²) < 4.78 is 5.00. The van der Waals surface area contributed by atoms with Gasteiger partial charge in [-0.05, 0) is 13.0 Å². The molecule has 0 saturated carbocycles. The number of hydrogen-bond donors (Lipinski definition) is 2. The van der Waals surface area contributed by atoms with Gasteiger partial charge >= 0.3 is 0 Å². The van der Waals surface area contributed by atoms with E-state index >= 15 is 0 Å². The van der Waals surface area contributed by atoms with Crippen LogP contribution < -0.4 is 11.1 Å². The summed E-state index contributed by atoms with van der Waals surface area (Å²) in [5.74, 6) is 0.0352. The van der Waals surface area contributed by atoms with Gasteiger partial charge in [0.05, 0.1) is 12.6 Å². The van der Waals surface area contributed by atoms with Crippen molar-refractivity contribution in [3.63, 3.8) is 0 Å². The first-order chi connectivity index (χ1) is 6.41. The lowest BCUT2D eigenvalue weighted by Crippen LogP contribution is -2.44. The average Bonchev–Trinajstić information content (AvgIpc) is 2.03. The molecule has 0 aromatic rings. The van der Waals surface area contributed by atoms with Gasteiger partial charge in [0.2, 0.25) is 5.91 Å². The topological polar surface area (TPSA) is 64.3 Å². The third-order valence-corrected chi connectivity index (χ3v) is 1.90. The Bertz CT molecular complexity index is 169. The number of carbonyl (C=O) groups excluding carboxylic acids is 1. The molecule has 1 amide bonds. The van der Waals surface area contributed by atoms with Crippen molar-refractivity contribution >= 4 is 5.91 Å². The lowest BCUT2D eigenvalue weighted by molar-refractivity contribution is -0.129. The van der Waals surface area contributed by atoms with Gasteiger partial charge in [-0.3, -0.25) is 4.79 Å². The largest absolute Gasteiger partial charge is 0.383 e. The Kier molecular flexibility index (Phi) is 5.72. The molecule has 0 aliphatic heterocycles. The molecule has 0 heterocycles. The van der Waals surface area contributed by atoms with Crippen LogP contribution in [0.1, 0.15) is 27.2 Å². The maximum Gasteiger partial charge on any atom is 0.225 e. The average molecular weight is 202 g/mol. The van der Waals surface area contributed by atoms with Gasteiger partial charge in [-0.15, -0.1) is 0 Å². The summed E-state index contributed by atoms with van der Waals surface area (Å²) in [6.07, 6.45) is 0.746. The maximum absolute atomic E-state index is 11.6. The molecule has 0 fully saturated rings. The molecule has 3 N–H and O–H groups in total.